The minimum Gasteiger partial charge on any atom is -0.490 e. The maximum Gasteiger partial charge on any atom is 0.229 e. The van der Waals surface area contributed by atoms with Crippen molar-refractivity contribution in [3.63, 3.8) is 0 Å². The fourth-order valence-electron chi connectivity index (χ4n) is 4.04. The molecule has 0 spiro atoms. The Morgan fingerprint density at radius 3 is 2.82 bits per heavy atom. The predicted molar refractivity (Wildman–Crippen MR) is 124 cm³/mol. The van der Waals surface area contributed by atoms with E-state index >= 15 is 0 Å². The normalized spacial score (nSPS) is 13.9. The molecule has 4 aromatic rings. The molecule has 2 aromatic heterocycles. The van der Waals surface area contributed by atoms with Crippen LogP contribution < -0.4 is 10.1 Å². The van der Waals surface area contributed by atoms with Crippen LogP contribution in [-0.4, -0.2) is 38.5 Å². The number of halogens is 2. The number of amides is 1. The molecule has 0 fully saturated rings. The summed E-state index contributed by atoms with van der Waals surface area (Å²) in [6.07, 6.45) is 5.32. The van der Waals surface area contributed by atoms with Crippen LogP contribution in [-0.2, 0) is 17.9 Å². The van der Waals surface area contributed by atoms with Gasteiger partial charge in [-0.25, -0.2) is 14.4 Å². The first-order valence-electron chi connectivity index (χ1n) is 10.5. The number of nitrogens with zero attached hydrogens (tertiary/aromatic N) is 4. The van der Waals surface area contributed by atoms with E-state index in [9.17, 15) is 9.18 Å². The predicted octanol–water partition coefficient (Wildman–Crippen LogP) is 4.57. The van der Waals surface area contributed by atoms with Gasteiger partial charge in [-0.3, -0.25) is 15.0 Å². The molecule has 7 nitrogen and oxygen atoms in total. The Morgan fingerprint density at radius 1 is 1.21 bits per heavy atom. The molecule has 168 valence electrons. The van der Waals surface area contributed by atoms with Crippen molar-refractivity contribution in [3.05, 3.63) is 77.0 Å². The zero-order chi connectivity index (χ0) is 22.9. The van der Waals surface area contributed by atoms with Crippen molar-refractivity contribution in [1.29, 1.82) is 0 Å². The van der Waals surface area contributed by atoms with Crippen molar-refractivity contribution in [1.82, 2.24) is 19.4 Å². The van der Waals surface area contributed by atoms with E-state index in [1.807, 2.05) is 22.9 Å². The summed E-state index contributed by atoms with van der Waals surface area (Å²) in [7, 11) is 0. The van der Waals surface area contributed by atoms with Crippen LogP contribution in [0.15, 0.2) is 55.0 Å². The maximum atomic E-state index is 13.6. The summed E-state index contributed by atoms with van der Waals surface area (Å²) < 4.78 is 21.6. The van der Waals surface area contributed by atoms with Gasteiger partial charge in [-0.1, -0.05) is 11.6 Å². The molecule has 1 aliphatic heterocycles. The Kier molecular flexibility index (Phi) is 5.70. The SMILES string of the molecule is CC(=O)Nc1ncc(CN2CCOc3c(Cl)cc(-n4ccc5cc(F)ccc54)cc3C2)cn1. The zero-order valence-corrected chi connectivity index (χ0v) is 18.6. The third-order valence-corrected chi connectivity index (χ3v) is 5.76. The number of hydrogen-bond donors (Lipinski definition) is 1. The van der Waals surface area contributed by atoms with Gasteiger partial charge >= 0.3 is 0 Å². The van der Waals surface area contributed by atoms with E-state index < -0.39 is 0 Å². The standard InChI is InChI=1S/C24H21ClFN5O2/c1-15(32)29-24-27-11-16(12-28-24)13-30-6-7-33-23-18(14-30)9-20(10-21(23)25)31-5-4-17-8-19(26)2-3-22(17)31/h2-5,8-12H,6-7,13-14H2,1H3,(H,27,28,29,32). The smallest absolute Gasteiger partial charge is 0.229 e. The number of carbonyl (C=O) groups excluding carboxylic acids is 1. The molecule has 0 saturated heterocycles. The fraction of sp³-hybridized carbons (Fsp3) is 0.208. The van der Waals surface area contributed by atoms with Crippen molar-refractivity contribution in [2.24, 2.45) is 0 Å². The van der Waals surface area contributed by atoms with Crippen LogP contribution in [0.1, 0.15) is 18.1 Å². The molecular formula is C24H21ClFN5O2. The fourth-order valence-corrected chi connectivity index (χ4v) is 4.33. The number of anilines is 1. The molecule has 0 bridgehead atoms. The lowest BCUT2D eigenvalue weighted by Gasteiger charge is -2.19. The van der Waals surface area contributed by atoms with Gasteiger partial charge in [0.05, 0.1) is 10.5 Å². The van der Waals surface area contributed by atoms with E-state index in [2.05, 4.69) is 26.3 Å². The summed E-state index contributed by atoms with van der Waals surface area (Å²) in [6, 6.07) is 10.5. The van der Waals surface area contributed by atoms with E-state index in [0.717, 1.165) is 27.7 Å². The monoisotopic (exact) mass is 465 g/mol. The minimum atomic E-state index is -0.265. The maximum absolute atomic E-state index is 13.6. The van der Waals surface area contributed by atoms with Crippen molar-refractivity contribution in [2.75, 3.05) is 18.5 Å². The summed E-state index contributed by atoms with van der Waals surface area (Å²) in [5.41, 5.74) is 3.67. The van der Waals surface area contributed by atoms with Crippen LogP contribution in [0, 0.1) is 5.82 Å². The van der Waals surface area contributed by atoms with Crippen molar-refractivity contribution >= 4 is 34.4 Å². The van der Waals surface area contributed by atoms with E-state index in [1.165, 1.54) is 19.1 Å². The van der Waals surface area contributed by atoms with Crippen LogP contribution in [0.4, 0.5) is 10.3 Å². The first kappa shape index (κ1) is 21.4. The first-order valence-corrected chi connectivity index (χ1v) is 10.9. The summed E-state index contributed by atoms with van der Waals surface area (Å²) >= 11 is 6.61. The van der Waals surface area contributed by atoms with Crippen LogP contribution in [0.3, 0.4) is 0 Å². The number of benzene rings is 2. The van der Waals surface area contributed by atoms with Gasteiger partial charge in [0.25, 0.3) is 0 Å². The van der Waals surface area contributed by atoms with Gasteiger partial charge in [-0.05, 0) is 36.4 Å². The third kappa shape index (κ3) is 4.53. The Morgan fingerprint density at radius 2 is 2.03 bits per heavy atom. The second-order valence-corrected chi connectivity index (χ2v) is 8.37. The molecule has 0 aliphatic carbocycles. The Bertz CT molecular complexity index is 1340. The van der Waals surface area contributed by atoms with Gasteiger partial charge in [0.15, 0.2) is 0 Å². The number of rotatable bonds is 4. The average Bonchev–Trinajstić information content (AvgIpc) is 3.07. The molecule has 2 aromatic carbocycles. The molecule has 1 aliphatic rings. The number of ether oxygens (including phenoxy) is 1. The van der Waals surface area contributed by atoms with E-state index in [4.69, 9.17) is 16.3 Å². The molecule has 9 heteroatoms. The number of hydrogen-bond acceptors (Lipinski definition) is 5. The molecular weight excluding hydrogens is 445 g/mol. The molecule has 3 heterocycles. The van der Waals surface area contributed by atoms with Crippen molar-refractivity contribution < 1.29 is 13.9 Å². The lowest BCUT2D eigenvalue weighted by Crippen LogP contribution is -2.25. The van der Waals surface area contributed by atoms with Crippen LogP contribution in [0.5, 0.6) is 5.75 Å². The zero-order valence-electron chi connectivity index (χ0n) is 17.9. The summed E-state index contributed by atoms with van der Waals surface area (Å²) in [5, 5.41) is 3.93. The highest BCUT2D eigenvalue weighted by Crippen LogP contribution is 2.35. The van der Waals surface area contributed by atoms with E-state index in [-0.39, 0.29) is 17.7 Å². The minimum absolute atomic E-state index is 0.211. The Labute approximate surface area is 194 Å². The van der Waals surface area contributed by atoms with Gasteiger partial charge < -0.3 is 9.30 Å². The van der Waals surface area contributed by atoms with Gasteiger partial charge in [0.1, 0.15) is 18.2 Å². The molecule has 33 heavy (non-hydrogen) atoms. The van der Waals surface area contributed by atoms with Gasteiger partial charge in [0, 0.05) is 67.3 Å². The van der Waals surface area contributed by atoms with Crippen LogP contribution in [0.2, 0.25) is 5.02 Å². The van der Waals surface area contributed by atoms with Crippen molar-refractivity contribution in [3.8, 4) is 11.4 Å². The quantitative estimate of drug-likeness (QED) is 0.478. The van der Waals surface area contributed by atoms with E-state index in [1.54, 1.807) is 18.5 Å². The number of nitrogens with one attached hydrogen (secondary N) is 1. The van der Waals surface area contributed by atoms with Gasteiger partial charge in [-0.15, -0.1) is 0 Å². The highest BCUT2D eigenvalue weighted by molar-refractivity contribution is 6.32. The van der Waals surface area contributed by atoms with Crippen LogP contribution >= 0.6 is 11.6 Å². The lowest BCUT2D eigenvalue weighted by molar-refractivity contribution is -0.114. The molecule has 0 radical (unpaired) electrons. The van der Waals surface area contributed by atoms with Crippen LogP contribution in [0.25, 0.3) is 16.6 Å². The summed E-state index contributed by atoms with van der Waals surface area (Å²) in [4.78, 5) is 21.8. The lowest BCUT2D eigenvalue weighted by atomic mass is 10.1. The molecule has 0 saturated carbocycles. The largest absolute Gasteiger partial charge is 0.490 e. The molecule has 1 amide bonds. The number of aromatic nitrogens is 3. The summed E-state index contributed by atoms with van der Waals surface area (Å²) in [6.45, 7) is 3.88. The second-order valence-electron chi connectivity index (χ2n) is 7.96. The summed E-state index contributed by atoms with van der Waals surface area (Å²) in [5.74, 6) is 0.490. The topological polar surface area (TPSA) is 72.3 Å². The second kappa shape index (κ2) is 8.80. The Balaban J connectivity index is 1.41. The molecule has 0 unspecified atom stereocenters. The Hall–Kier alpha value is -3.49. The first-order chi connectivity index (χ1) is 16.0. The van der Waals surface area contributed by atoms with E-state index in [0.29, 0.717) is 37.0 Å². The molecule has 1 N–H and O–H groups in total. The third-order valence-electron chi connectivity index (χ3n) is 5.48. The van der Waals surface area contributed by atoms with Gasteiger partial charge in [-0.2, -0.15) is 0 Å². The molecule has 5 rings (SSSR count). The molecule has 0 atom stereocenters. The average molecular weight is 466 g/mol. The van der Waals surface area contributed by atoms with Gasteiger partial charge in [0.2, 0.25) is 11.9 Å². The highest BCUT2D eigenvalue weighted by Gasteiger charge is 2.20. The number of carbonyl (C=O) groups is 1. The van der Waals surface area contributed by atoms with Crippen molar-refractivity contribution in [2.45, 2.75) is 20.0 Å². The number of fused-ring (bicyclic) bond motifs is 2. The highest BCUT2D eigenvalue weighted by atomic mass is 35.5.